The van der Waals surface area contributed by atoms with Gasteiger partial charge in [-0.05, 0) is 38.3 Å². The molecule has 8 heteroatoms. The highest BCUT2D eigenvalue weighted by molar-refractivity contribution is 6.13. The molecule has 5 rings (SSSR count). The minimum atomic E-state index is 0.137. The highest BCUT2D eigenvalue weighted by atomic mass is 16.5. The van der Waals surface area contributed by atoms with E-state index in [0.29, 0.717) is 29.7 Å². The SMILES string of the molecule is CC(C)n1nc(-c2noc(C3CC3)c2C(C=NCc2ccccc2)=CN)c2c(N)nccc21. The predicted molar refractivity (Wildman–Crippen MR) is 131 cm³/mol. The Labute approximate surface area is 192 Å². The Hall–Kier alpha value is -3.94. The number of aliphatic imine (C=N–C) groups is 1. The second-order valence-corrected chi connectivity index (χ2v) is 8.60. The molecule has 4 aromatic rings. The van der Waals surface area contributed by atoms with Gasteiger partial charge in [0.25, 0.3) is 0 Å². The molecule has 0 aliphatic heterocycles. The van der Waals surface area contributed by atoms with E-state index < -0.39 is 0 Å². The van der Waals surface area contributed by atoms with Gasteiger partial charge in [0.05, 0.1) is 23.0 Å². The van der Waals surface area contributed by atoms with Gasteiger partial charge in [0, 0.05) is 36.1 Å². The van der Waals surface area contributed by atoms with Gasteiger partial charge in [-0.15, -0.1) is 0 Å². The molecule has 0 unspecified atom stereocenters. The fourth-order valence-corrected chi connectivity index (χ4v) is 4.06. The molecule has 0 spiro atoms. The molecular formula is C25H27N7O. The van der Waals surface area contributed by atoms with Crippen LogP contribution in [0.2, 0.25) is 0 Å². The van der Waals surface area contributed by atoms with Gasteiger partial charge in [-0.25, -0.2) is 4.98 Å². The summed E-state index contributed by atoms with van der Waals surface area (Å²) in [7, 11) is 0. The van der Waals surface area contributed by atoms with Crippen LogP contribution in [0.3, 0.4) is 0 Å². The smallest absolute Gasteiger partial charge is 0.148 e. The summed E-state index contributed by atoms with van der Waals surface area (Å²) < 4.78 is 7.80. The number of fused-ring (bicyclic) bond motifs is 1. The Morgan fingerprint density at radius 2 is 2.00 bits per heavy atom. The first-order valence-corrected chi connectivity index (χ1v) is 11.2. The van der Waals surface area contributed by atoms with E-state index in [-0.39, 0.29) is 6.04 Å². The highest BCUT2D eigenvalue weighted by Gasteiger charge is 2.35. The second-order valence-electron chi connectivity index (χ2n) is 8.60. The van der Waals surface area contributed by atoms with E-state index in [1.54, 1.807) is 18.6 Å². The fourth-order valence-electron chi connectivity index (χ4n) is 4.06. The first-order valence-electron chi connectivity index (χ1n) is 11.2. The average Bonchev–Trinajstić information content (AvgIpc) is 3.44. The lowest BCUT2D eigenvalue weighted by molar-refractivity contribution is 0.385. The monoisotopic (exact) mass is 441 g/mol. The molecule has 1 aliphatic rings. The zero-order chi connectivity index (χ0) is 22.9. The van der Waals surface area contributed by atoms with Gasteiger partial charge in [-0.1, -0.05) is 35.5 Å². The highest BCUT2D eigenvalue weighted by Crippen LogP contribution is 2.46. The van der Waals surface area contributed by atoms with E-state index in [9.17, 15) is 0 Å². The van der Waals surface area contributed by atoms with Gasteiger partial charge >= 0.3 is 0 Å². The lowest BCUT2D eigenvalue weighted by atomic mass is 10.00. The van der Waals surface area contributed by atoms with E-state index in [0.717, 1.165) is 46.2 Å². The second kappa shape index (κ2) is 8.54. The number of nitrogens with two attached hydrogens (primary N) is 2. The van der Waals surface area contributed by atoms with Crippen LogP contribution >= 0.6 is 0 Å². The lowest BCUT2D eigenvalue weighted by Crippen LogP contribution is -2.03. The largest absolute Gasteiger partial charge is 0.404 e. The van der Waals surface area contributed by atoms with Crippen molar-refractivity contribution in [2.24, 2.45) is 10.7 Å². The average molecular weight is 442 g/mol. The summed E-state index contributed by atoms with van der Waals surface area (Å²) >= 11 is 0. The number of rotatable bonds is 7. The van der Waals surface area contributed by atoms with Crippen LogP contribution in [0.15, 0.2) is 58.3 Å². The molecule has 1 saturated carbocycles. The first-order chi connectivity index (χ1) is 16.1. The number of pyridine rings is 1. The summed E-state index contributed by atoms with van der Waals surface area (Å²) in [5, 5.41) is 10.1. The number of hydrogen-bond donors (Lipinski definition) is 2. The van der Waals surface area contributed by atoms with Crippen LogP contribution in [0.1, 0.15) is 55.5 Å². The number of allylic oxidation sites excluding steroid dienone is 1. The van der Waals surface area contributed by atoms with Gasteiger partial charge in [-0.3, -0.25) is 9.67 Å². The molecule has 1 fully saturated rings. The van der Waals surface area contributed by atoms with E-state index in [4.69, 9.17) is 21.1 Å². The van der Waals surface area contributed by atoms with Gasteiger partial charge in [0.15, 0.2) is 0 Å². The number of nitrogens with zero attached hydrogens (tertiary/aromatic N) is 5. The summed E-state index contributed by atoms with van der Waals surface area (Å²) in [6.45, 7) is 4.71. The normalized spacial score (nSPS) is 14.7. The lowest BCUT2D eigenvalue weighted by Gasteiger charge is -2.06. The number of anilines is 1. The Morgan fingerprint density at radius 1 is 1.21 bits per heavy atom. The van der Waals surface area contributed by atoms with Crippen molar-refractivity contribution < 1.29 is 4.52 Å². The molecule has 4 N–H and O–H groups in total. The van der Waals surface area contributed by atoms with Crippen molar-refractivity contribution >= 4 is 28.5 Å². The first kappa shape index (κ1) is 20.9. The molecule has 0 saturated heterocycles. The standard InChI is InChI=1S/C25H27N7O/c1-15(2)32-19-10-11-29-25(27)21(19)22(30-32)23-20(24(33-31-23)17-8-9-17)18(12-26)14-28-13-16-6-4-3-5-7-16/h3-7,10-12,14-15,17H,8-9,13,26H2,1-2H3,(H2,27,29). The topological polar surface area (TPSA) is 121 Å². The third-order valence-electron chi connectivity index (χ3n) is 5.85. The Bertz CT molecular complexity index is 1340. The predicted octanol–water partition coefficient (Wildman–Crippen LogP) is 4.70. The summed E-state index contributed by atoms with van der Waals surface area (Å²) in [5.74, 6) is 1.56. The van der Waals surface area contributed by atoms with Gasteiger partial charge < -0.3 is 16.0 Å². The van der Waals surface area contributed by atoms with Crippen molar-refractivity contribution in [2.75, 3.05) is 5.73 Å². The summed E-state index contributed by atoms with van der Waals surface area (Å²) in [6, 6.07) is 12.1. The van der Waals surface area contributed by atoms with Crippen molar-refractivity contribution in [2.45, 2.75) is 45.2 Å². The van der Waals surface area contributed by atoms with Gasteiger partial charge in [0.2, 0.25) is 0 Å². The Morgan fingerprint density at radius 3 is 2.70 bits per heavy atom. The molecular weight excluding hydrogens is 414 g/mol. The van der Waals surface area contributed by atoms with Crippen LogP contribution in [-0.4, -0.2) is 26.1 Å². The van der Waals surface area contributed by atoms with Crippen LogP contribution in [0.5, 0.6) is 0 Å². The van der Waals surface area contributed by atoms with Crippen molar-refractivity contribution in [3.8, 4) is 11.4 Å². The van der Waals surface area contributed by atoms with Gasteiger partial charge in [0.1, 0.15) is 23.0 Å². The van der Waals surface area contributed by atoms with Crippen LogP contribution in [0.25, 0.3) is 27.9 Å². The summed E-state index contributed by atoms with van der Waals surface area (Å²) in [4.78, 5) is 8.93. The molecule has 33 heavy (non-hydrogen) atoms. The van der Waals surface area contributed by atoms with Crippen molar-refractivity contribution in [3.05, 3.63) is 65.7 Å². The summed E-state index contributed by atoms with van der Waals surface area (Å²) in [6.07, 6.45) is 7.16. The molecule has 1 aliphatic carbocycles. The molecule has 168 valence electrons. The van der Waals surface area contributed by atoms with Crippen LogP contribution in [0.4, 0.5) is 5.82 Å². The maximum atomic E-state index is 6.30. The molecule has 1 aromatic carbocycles. The molecule has 8 nitrogen and oxygen atoms in total. The minimum absolute atomic E-state index is 0.137. The number of aromatic nitrogens is 4. The van der Waals surface area contributed by atoms with Crippen molar-refractivity contribution in [3.63, 3.8) is 0 Å². The Balaban J connectivity index is 1.62. The van der Waals surface area contributed by atoms with Crippen LogP contribution in [0, 0.1) is 0 Å². The van der Waals surface area contributed by atoms with E-state index in [2.05, 4.69) is 29.0 Å². The van der Waals surface area contributed by atoms with Crippen LogP contribution in [-0.2, 0) is 6.54 Å². The summed E-state index contributed by atoms with van der Waals surface area (Å²) in [5.41, 5.74) is 17.3. The van der Waals surface area contributed by atoms with Crippen molar-refractivity contribution in [1.29, 1.82) is 0 Å². The molecule has 0 amide bonds. The van der Waals surface area contributed by atoms with Gasteiger partial charge in [-0.2, -0.15) is 5.10 Å². The van der Waals surface area contributed by atoms with E-state index >= 15 is 0 Å². The quantitative estimate of drug-likeness (QED) is 0.401. The number of benzene rings is 1. The Kier molecular flexibility index (Phi) is 5.42. The van der Waals surface area contributed by atoms with E-state index in [1.165, 1.54) is 0 Å². The van der Waals surface area contributed by atoms with E-state index in [1.807, 2.05) is 41.1 Å². The molecule has 0 atom stereocenters. The maximum Gasteiger partial charge on any atom is 0.148 e. The molecule has 3 aromatic heterocycles. The maximum absolute atomic E-state index is 6.30. The molecule has 0 bridgehead atoms. The third kappa shape index (κ3) is 3.88. The third-order valence-corrected chi connectivity index (χ3v) is 5.85. The number of hydrogen-bond acceptors (Lipinski definition) is 7. The van der Waals surface area contributed by atoms with Crippen molar-refractivity contribution in [1.82, 2.24) is 19.9 Å². The number of nitrogen functional groups attached to an aromatic ring is 1. The molecule has 0 radical (unpaired) electrons. The zero-order valence-corrected chi connectivity index (χ0v) is 18.8. The zero-order valence-electron chi connectivity index (χ0n) is 18.8. The minimum Gasteiger partial charge on any atom is -0.404 e. The van der Waals surface area contributed by atoms with Crippen LogP contribution < -0.4 is 11.5 Å². The molecule has 3 heterocycles. The fraction of sp³-hybridized carbons (Fsp3) is 0.280.